The van der Waals surface area contributed by atoms with Crippen LogP contribution in [-0.2, 0) is 4.43 Å². The number of piperidine rings is 3. The molecule has 14 atom stereocenters. The monoisotopic (exact) mass is 1400 g/mol. The van der Waals surface area contributed by atoms with Crippen molar-refractivity contribution in [2.24, 2.45) is 41.1 Å². The van der Waals surface area contributed by atoms with Crippen LogP contribution in [0.2, 0.25) is 18.1 Å². The van der Waals surface area contributed by atoms with Crippen LogP contribution in [0, 0.1) is 29.6 Å². The highest BCUT2D eigenvalue weighted by Crippen LogP contribution is 2.46. The third kappa shape index (κ3) is 19.7. The van der Waals surface area contributed by atoms with Crippen molar-refractivity contribution in [2.75, 3.05) is 72.5 Å². The highest BCUT2D eigenvalue weighted by Gasteiger charge is 2.46. The summed E-state index contributed by atoms with van der Waals surface area (Å²) in [6, 6.07) is 27.1. The predicted molar refractivity (Wildman–Crippen MR) is 403 cm³/mol. The predicted octanol–water partition coefficient (Wildman–Crippen LogP) is 15.7. The second-order valence-corrected chi connectivity index (χ2v) is 36.2. The minimum atomic E-state index is -2.01. The summed E-state index contributed by atoms with van der Waals surface area (Å²) < 4.78 is 51.9. The van der Waals surface area contributed by atoms with E-state index in [4.69, 9.17) is 53.8 Å². The molecule has 18 heteroatoms. The molecule has 0 radical (unpaired) electrons. The van der Waals surface area contributed by atoms with E-state index in [0.29, 0.717) is 82.8 Å². The number of fused-ring (bicyclic) bond motifs is 10. The highest BCUT2D eigenvalue weighted by atomic mass is 28.4. The van der Waals surface area contributed by atoms with E-state index in [0.717, 1.165) is 118 Å². The standard InChI is InChI=1S/C25H42N2O3Si.C20H29NO3.C19H28N2O3.C13H18O3.4CH4/c1-17-13-19-8-9-20(14-17)27(19)16-21(26)24(30-31(5,6)25(2,3)4)18-7-10-22-23(15-18)29-12-11-28-22;1-13-9-16-4-5-17(10-13)21(16)12-14(2)20(22)15-3-6-18-19(11-15)24-8-7-23-18;1-12-8-14-3-4-15(9-12)21(14)11-16(20)19(22)13-2-5-17-18(10-13)24-7-6-23-17;1-3-9(2)13(14)10-4-5-11-12(8-10)16-7-6-15-11;;;;/h7,10,15,17,19-21,24H,8-9,11-14,16,26H2,1-6H3;3,6,11,13-14,16-17,20,22H,4-5,7-10,12H2,1-2H3;2,5,10,12,14-16,19,22H,3-4,6-9,11,20H2,1H3;4-5,8-9,13-14H,3,6-7H2,1-2H3;4*1H4/t17?,19?,20?,21-,24-;13?,14-,16?,17?,20+;12?,14?,15?,16-,19-;9-,13+;;;;/m1111..../s1. The third-order valence-corrected chi connectivity index (χ3v) is 27.5. The molecule has 4 aromatic rings. The smallest absolute Gasteiger partial charge is 0.192 e. The number of nitrogens with zero attached hydrogens (tertiary/aromatic N) is 3. The number of hydrogen-bond acceptors (Lipinski definition) is 17. The van der Waals surface area contributed by atoms with Crippen LogP contribution in [0.5, 0.6) is 46.0 Å². The van der Waals surface area contributed by atoms with E-state index in [9.17, 15) is 15.3 Å². The first-order valence-electron chi connectivity index (χ1n) is 36.6. The maximum Gasteiger partial charge on any atom is 0.192 e. The molecule has 6 bridgehead atoms. The molecule has 99 heavy (non-hydrogen) atoms. The van der Waals surface area contributed by atoms with Gasteiger partial charge in [-0.15, -0.1) is 0 Å². The topological polar surface area (TPSA) is 206 Å². The van der Waals surface area contributed by atoms with Gasteiger partial charge in [0.05, 0.1) is 24.4 Å². The van der Waals surface area contributed by atoms with Crippen molar-refractivity contribution in [2.45, 2.75) is 266 Å². The van der Waals surface area contributed by atoms with E-state index in [-0.39, 0.29) is 64.8 Å². The Morgan fingerprint density at radius 1 is 0.424 bits per heavy atom. The number of hydrogen-bond donors (Lipinski definition) is 5. The molecule has 6 saturated heterocycles. The Labute approximate surface area is 598 Å². The number of aliphatic hydroxyl groups is 3. The molecule has 14 rings (SSSR count). The summed E-state index contributed by atoms with van der Waals surface area (Å²) in [6.07, 6.45) is 14.9. The van der Waals surface area contributed by atoms with E-state index in [1.54, 1.807) is 0 Å². The van der Waals surface area contributed by atoms with Crippen molar-refractivity contribution in [3.8, 4) is 46.0 Å². The van der Waals surface area contributed by atoms with Crippen LogP contribution in [-0.4, -0.2) is 159 Å². The fraction of sp³-hybridized carbons (Fsp3) is 0.704. The Bertz CT molecular complexity index is 2990. The van der Waals surface area contributed by atoms with Gasteiger partial charge < -0.3 is 69.1 Å². The zero-order valence-electron chi connectivity index (χ0n) is 59.2. The average molecular weight is 1400 g/mol. The third-order valence-electron chi connectivity index (χ3n) is 23.1. The van der Waals surface area contributed by atoms with E-state index in [1.165, 1.54) is 77.0 Å². The van der Waals surface area contributed by atoms with E-state index in [1.807, 2.05) is 67.6 Å². The normalized spacial score (nSPS) is 27.2. The largest absolute Gasteiger partial charge is 0.486 e. The number of aliphatic hydroxyl groups excluding tert-OH is 3. The van der Waals surface area contributed by atoms with Gasteiger partial charge in [0, 0.05) is 68.0 Å². The Morgan fingerprint density at radius 2 is 0.697 bits per heavy atom. The SMILES string of the molecule is C.C.C.C.CC1CC2CCC(C1)N2C[C@@H](C)[C@H](O)c1ccc2c(c1)OCCO2.CC1CC2CCC(C1)N2C[C@@H](N)[C@H](O)c1ccc2c(c1)OCCO2.CC1CC2CCC(C1)N2C[C@@H](N)[C@H](O[Si](C)(C)C(C)(C)C)c1ccc2c(c1)OCCO2.CC[C@@H](C)[C@H](O)c1ccc2c(c1)OCCO2. The lowest BCUT2D eigenvalue weighted by molar-refractivity contribution is 0.0448. The van der Waals surface area contributed by atoms with Gasteiger partial charge in [-0.1, -0.05) is 123 Å². The fourth-order valence-electron chi connectivity index (χ4n) is 16.6. The van der Waals surface area contributed by atoms with Gasteiger partial charge in [-0.2, -0.15) is 0 Å². The molecular formula is C81H133N5O12Si. The second-order valence-electron chi connectivity index (χ2n) is 31.4. The maximum absolute atomic E-state index is 10.8. The Balaban J connectivity index is 0.000000187. The molecule has 0 aromatic heterocycles. The molecule has 10 aliphatic heterocycles. The average Bonchev–Trinajstić information content (AvgIpc) is 1.78. The van der Waals surface area contributed by atoms with E-state index >= 15 is 0 Å². The van der Waals surface area contributed by atoms with Gasteiger partial charge in [-0.3, -0.25) is 14.7 Å². The van der Waals surface area contributed by atoms with Gasteiger partial charge >= 0.3 is 0 Å². The van der Waals surface area contributed by atoms with Gasteiger partial charge in [0.25, 0.3) is 0 Å². The molecule has 6 unspecified atom stereocenters. The summed E-state index contributed by atoms with van der Waals surface area (Å²) in [5.74, 6) is 9.11. The fourth-order valence-corrected chi connectivity index (χ4v) is 17.9. The van der Waals surface area contributed by atoms with Gasteiger partial charge in [0.1, 0.15) is 52.9 Å². The van der Waals surface area contributed by atoms with E-state index in [2.05, 4.69) is 95.3 Å². The van der Waals surface area contributed by atoms with E-state index < -0.39 is 26.6 Å². The first kappa shape index (κ1) is 81.4. The molecule has 0 amide bonds. The minimum Gasteiger partial charge on any atom is -0.486 e. The van der Waals surface area contributed by atoms with Crippen molar-refractivity contribution in [3.63, 3.8) is 0 Å². The van der Waals surface area contributed by atoms with Gasteiger partial charge in [-0.05, 0) is 196 Å². The van der Waals surface area contributed by atoms with Crippen LogP contribution < -0.4 is 49.4 Å². The molecule has 4 aromatic carbocycles. The molecule has 0 aliphatic carbocycles. The Kier molecular flexibility index (Phi) is 29.6. The van der Waals surface area contributed by atoms with Crippen molar-refractivity contribution < 1.29 is 57.6 Å². The van der Waals surface area contributed by atoms with Crippen molar-refractivity contribution >= 4 is 8.32 Å². The number of nitrogens with two attached hydrogens (primary N) is 2. The summed E-state index contributed by atoms with van der Waals surface area (Å²) in [4.78, 5) is 7.92. The molecule has 0 spiro atoms. The molecular weight excluding hydrogens is 1260 g/mol. The molecule has 7 N–H and O–H groups in total. The molecule has 17 nitrogen and oxygen atoms in total. The van der Waals surface area contributed by atoms with Crippen molar-refractivity contribution in [1.29, 1.82) is 0 Å². The first-order chi connectivity index (χ1) is 45.5. The van der Waals surface area contributed by atoms with Crippen LogP contribution in [0.4, 0.5) is 0 Å². The minimum absolute atomic E-state index is 0. The van der Waals surface area contributed by atoms with Gasteiger partial charge in [-0.25, -0.2) is 0 Å². The second kappa shape index (κ2) is 36.0. The van der Waals surface area contributed by atoms with Crippen molar-refractivity contribution in [3.05, 3.63) is 95.1 Å². The van der Waals surface area contributed by atoms with Crippen molar-refractivity contribution in [1.82, 2.24) is 14.7 Å². The van der Waals surface area contributed by atoms with Crippen LogP contribution in [0.25, 0.3) is 0 Å². The number of benzene rings is 4. The van der Waals surface area contributed by atoms with Crippen LogP contribution in [0.3, 0.4) is 0 Å². The van der Waals surface area contributed by atoms with Crippen LogP contribution in [0.15, 0.2) is 72.8 Å². The summed E-state index contributed by atoms with van der Waals surface area (Å²) in [5, 5.41) is 31.8. The molecule has 10 aliphatic rings. The Hall–Kier alpha value is -4.86. The lowest BCUT2D eigenvalue weighted by Gasteiger charge is -2.44. The molecule has 0 saturated carbocycles. The Morgan fingerprint density at radius 3 is 1.02 bits per heavy atom. The summed E-state index contributed by atoms with van der Waals surface area (Å²) in [6.45, 7) is 32.2. The van der Waals surface area contributed by atoms with Crippen LogP contribution >= 0.6 is 0 Å². The zero-order valence-corrected chi connectivity index (χ0v) is 60.2. The lowest BCUT2D eigenvalue weighted by atomic mass is 9.90. The zero-order chi connectivity index (χ0) is 67.3. The maximum atomic E-state index is 10.8. The lowest BCUT2D eigenvalue weighted by Crippen LogP contribution is -2.52. The molecule has 10 heterocycles. The first-order valence-corrected chi connectivity index (χ1v) is 39.5. The van der Waals surface area contributed by atoms with Gasteiger partial charge in [0.15, 0.2) is 54.3 Å². The van der Waals surface area contributed by atoms with Gasteiger partial charge in [0.2, 0.25) is 0 Å². The summed E-state index contributed by atoms with van der Waals surface area (Å²) in [7, 11) is -2.01. The van der Waals surface area contributed by atoms with Crippen LogP contribution in [0.1, 0.15) is 222 Å². The quantitative estimate of drug-likeness (QED) is 0.0623. The highest BCUT2D eigenvalue weighted by molar-refractivity contribution is 6.74. The summed E-state index contributed by atoms with van der Waals surface area (Å²) in [5.41, 5.74) is 17.1. The number of ether oxygens (including phenoxy) is 8. The summed E-state index contributed by atoms with van der Waals surface area (Å²) >= 11 is 0. The molecule has 558 valence electrons. The number of rotatable bonds is 17. The molecule has 6 fully saturated rings.